The highest BCUT2D eigenvalue weighted by Crippen LogP contribution is 2.24. The molecule has 5 nitrogen and oxygen atoms in total. The van der Waals surface area contributed by atoms with Crippen LogP contribution in [-0.2, 0) is 0 Å². The Bertz CT molecular complexity index is 412. The predicted octanol–water partition coefficient (Wildman–Crippen LogP) is 2.84. The fraction of sp³-hybridized carbons (Fsp3) is 0.714. The van der Waals surface area contributed by atoms with Crippen molar-refractivity contribution in [1.82, 2.24) is 9.97 Å². The molecule has 0 saturated heterocycles. The molecule has 0 amide bonds. The maximum Gasteiger partial charge on any atom is 0.191 e. The number of aliphatic hydroxyl groups excluding tert-OH is 1. The number of thioether (sulfide) groups is 1. The van der Waals surface area contributed by atoms with Crippen molar-refractivity contribution in [3.63, 3.8) is 0 Å². The van der Waals surface area contributed by atoms with E-state index in [1.807, 2.05) is 19.2 Å². The molecule has 1 rings (SSSR count). The van der Waals surface area contributed by atoms with Crippen molar-refractivity contribution < 1.29 is 5.11 Å². The van der Waals surface area contributed by atoms with E-state index in [9.17, 15) is 0 Å². The van der Waals surface area contributed by atoms with E-state index >= 15 is 0 Å². The fourth-order valence-electron chi connectivity index (χ4n) is 1.85. The third kappa shape index (κ3) is 5.96. The van der Waals surface area contributed by atoms with Crippen LogP contribution in [-0.4, -0.2) is 41.0 Å². The molecule has 0 unspecified atom stereocenters. The lowest BCUT2D eigenvalue weighted by Crippen LogP contribution is -2.24. The van der Waals surface area contributed by atoms with Gasteiger partial charge in [0.1, 0.15) is 11.6 Å². The summed E-state index contributed by atoms with van der Waals surface area (Å²) in [7, 11) is 0. The van der Waals surface area contributed by atoms with Crippen LogP contribution in [0.15, 0.2) is 11.2 Å². The van der Waals surface area contributed by atoms with E-state index < -0.39 is 0 Å². The Hall–Kier alpha value is -1.01. The number of nitrogens with one attached hydrogen (secondary N) is 2. The molecule has 0 aromatic carbocycles. The molecule has 114 valence electrons. The monoisotopic (exact) mass is 298 g/mol. The van der Waals surface area contributed by atoms with E-state index in [2.05, 4.69) is 34.4 Å². The Balaban J connectivity index is 2.68. The van der Waals surface area contributed by atoms with Gasteiger partial charge in [0.15, 0.2) is 5.16 Å². The number of hydrogen-bond acceptors (Lipinski definition) is 6. The highest BCUT2D eigenvalue weighted by molar-refractivity contribution is 7.98. The number of nitrogens with zero attached hydrogens (tertiary/aromatic N) is 2. The van der Waals surface area contributed by atoms with Gasteiger partial charge in [0.05, 0.1) is 0 Å². The van der Waals surface area contributed by atoms with E-state index in [1.165, 1.54) is 11.8 Å². The highest BCUT2D eigenvalue weighted by atomic mass is 32.2. The first-order valence-corrected chi connectivity index (χ1v) is 8.25. The van der Waals surface area contributed by atoms with Gasteiger partial charge in [-0.1, -0.05) is 25.6 Å². The molecule has 0 aliphatic carbocycles. The van der Waals surface area contributed by atoms with Gasteiger partial charge in [0, 0.05) is 25.8 Å². The second kappa shape index (κ2) is 8.32. The Kier molecular flexibility index (Phi) is 7.09. The van der Waals surface area contributed by atoms with Gasteiger partial charge in [-0.15, -0.1) is 0 Å². The number of anilines is 2. The SMILES string of the molecule is CCNc1cc(NCC(C)(C)CCCO)nc(SC)n1. The van der Waals surface area contributed by atoms with Gasteiger partial charge in [-0.3, -0.25) is 0 Å². The molecule has 0 radical (unpaired) electrons. The van der Waals surface area contributed by atoms with E-state index in [0.29, 0.717) is 0 Å². The van der Waals surface area contributed by atoms with Crippen LogP contribution >= 0.6 is 11.8 Å². The first-order chi connectivity index (χ1) is 9.50. The number of rotatable bonds is 9. The summed E-state index contributed by atoms with van der Waals surface area (Å²) in [4.78, 5) is 8.87. The first-order valence-electron chi connectivity index (χ1n) is 7.02. The molecule has 0 bridgehead atoms. The summed E-state index contributed by atoms with van der Waals surface area (Å²) in [5, 5.41) is 16.3. The molecule has 1 aromatic rings. The van der Waals surface area contributed by atoms with Gasteiger partial charge in [-0.25, -0.2) is 9.97 Å². The topological polar surface area (TPSA) is 70.1 Å². The summed E-state index contributed by atoms with van der Waals surface area (Å²) < 4.78 is 0. The quantitative estimate of drug-likeness (QED) is 0.481. The highest BCUT2D eigenvalue weighted by Gasteiger charge is 2.17. The molecule has 0 saturated carbocycles. The van der Waals surface area contributed by atoms with E-state index in [1.54, 1.807) is 0 Å². The van der Waals surface area contributed by atoms with Crippen molar-refractivity contribution in [1.29, 1.82) is 0 Å². The van der Waals surface area contributed by atoms with Crippen LogP contribution in [0, 0.1) is 5.41 Å². The van der Waals surface area contributed by atoms with Gasteiger partial charge < -0.3 is 15.7 Å². The van der Waals surface area contributed by atoms with E-state index in [0.717, 1.165) is 42.7 Å². The lowest BCUT2D eigenvalue weighted by molar-refractivity contribution is 0.248. The zero-order chi connectivity index (χ0) is 15.0. The van der Waals surface area contributed by atoms with E-state index in [4.69, 9.17) is 5.11 Å². The second-order valence-corrected chi connectivity index (χ2v) is 6.27. The summed E-state index contributed by atoms with van der Waals surface area (Å²) in [6.45, 7) is 8.34. The van der Waals surface area contributed by atoms with Crippen LogP contribution in [0.4, 0.5) is 11.6 Å². The maximum atomic E-state index is 8.93. The summed E-state index contributed by atoms with van der Waals surface area (Å²) in [5.74, 6) is 1.69. The Morgan fingerprint density at radius 2 is 1.90 bits per heavy atom. The summed E-state index contributed by atoms with van der Waals surface area (Å²) >= 11 is 1.53. The summed E-state index contributed by atoms with van der Waals surface area (Å²) in [6.07, 6.45) is 3.79. The van der Waals surface area contributed by atoms with Crippen LogP contribution in [0.3, 0.4) is 0 Å². The standard InChI is InChI=1S/C14H26N4OS/c1-5-15-11-9-12(18-13(17-11)20-4)16-10-14(2,3)7-6-8-19/h9,19H,5-8,10H2,1-4H3,(H2,15,16,17,18). The van der Waals surface area contributed by atoms with Crippen LogP contribution in [0.25, 0.3) is 0 Å². The summed E-state index contributed by atoms with van der Waals surface area (Å²) in [5.41, 5.74) is 0.131. The Labute approximate surface area is 126 Å². The molecule has 1 aromatic heterocycles. The van der Waals surface area contributed by atoms with Gasteiger partial charge in [0.2, 0.25) is 0 Å². The van der Waals surface area contributed by atoms with Gasteiger partial charge in [0.25, 0.3) is 0 Å². The molecular weight excluding hydrogens is 272 g/mol. The molecule has 3 N–H and O–H groups in total. The Morgan fingerprint density at radius 3 is 2.45 bits per heavy atom. The van der Waals surface area contributed by atoms with Crippen LogP contribution in [0.1, 0.15) is 33.6 Å². The maximum absolute atomic E-state index is 8.93. The molecule has 0 fully saturated rings. The van der Waals surface area contributed by atoms with Crippen molar-refractivity contribution in [3.8, 4) is 0 Å². The lowest BCUT2D eigenvalue weighted by atomic mass is 9.88. The molecule has 0 atom stereocenters. The van der Waals surface area contributed by atoms with Crippen molar-refractivity contribution in [2.24, 2.45) is 5.41 Å². The average Bonchev–Trinajstić information content (AvgIpc) is 2.43. The third-order valence-electron chi connectivity index (χ3n) is 3.01. The lowest BCUT2D eigenvalue weighted by Gasteiger charge is -2.25. The van der Waals surface area contributed by atoms with Gasteiger partial charge in [-0.05, 0) is 31.4 Å². The smallest absolute Gasteiger partial charge is 0.191 e. The second-order valence-electron chi connectivity index (χ2n) is 5.50. The third-order valence-corrected chi connectivity index (χ3v) is 3.55. The van der Waals surface area contributed by atoms with Crippen LogP contribution < -0.4 is 10.6 Å². The zero-order valence-electron chi connectivity index (χ0n) is 12.9. The molecule has 20 heavy (non-hydrogen) atoms. The number of aromatic nitrogens is 2. The summed E-state index contributed by atoms with van der Waals surface area (Å²) in [6, 6.07) is 1.94. The fourth-order valence-corrected chi connectivity index (χ4v) is 2.23. The van der Waals surface area contributed by atoms with Crippen molar-refractivity contribution in [3.05, 3.63) is 6.07 Å². The van der Waals surface area contributed by atoms with Crippen LogP contribution in [0.2, 0.25) is 0 Å². The number of aliphatic hydroxyl groups is 1. The van der Waals surface area contributed by atoms with Gasteiger partial charge in [-0.2, -0.15) is 0 Å². The predicted molar refractivity (Wildman–Crippen MR) is 86.6 cm³/mol. The molecule has 1 heterocycles. The molecule has 0 aliphatic rings. The Morgan fingerprint density at radius 1 is 1.25 bits per heavy atom. The zero-order valence-corrected chi connectivity index (χ0v) is 13.7. The molecule has 6 heteroatoms. The molecular formula is C14H26N4OS. The minimum absolute atomic E-state index is 0.131. The largest absolute Gasteiger partial charge is 0.396 e. The molecule has 0 aliphatic heterocycles. The van der Waals surface area contributed by atoms with E-state index in [-0.39, 0.29) is 12.0 Å². The normalized spacial score (nSPS) is 11.4. The minimum atomic E-state index is 0.131. The first kappa shape index (κ1) is 17.0. The number of hydrogen-bond donors (Lipinski definition) is 3. The van der Waals surface area contributed by atoms with Gasteiger partial charge >= 0.3 is 0 Å². The van der Waals surface area contributed by atoms with Crippen LogP contribution in [0.5, 0.6) is 0 Å². The minimum Gasteiger partial charge on any atom is -0.396 e. The van der Waals surface area contributed by atoms with Crippen molar-refractivity contribution in [2.45, 2.75) is 38.8 Å². The average molecular weight is 298 g/mol. The van der Waals surface area contributed by atoms with Crippen molar-refractivity contribution in [2.75, 3.05) is 36.6 Å². The molecule has 0 spiro atoms. The van der Waals surface area contributed by atoms with Crippen molar-refractivity contribution >= 4 is 23.4 Å².